The maximum absolute atomic E-state index is 13.1. The van der Waals surface area contributed by atoms with E-state index < -0.39 is 17.6 Å². The average molecular weight is 425 g/mol. The fraction of sp³-hybridized carbons (Fsp3) is 0.333. The van der Waals surface area contributed by atoms with Gasteiger partial charge in [0.1, 0.15) is 18.1 Å². The molecule has 30 heavy (non-hydrogen) atoms. The molecule has 2 aromatic rings. The number of alkyl halides is 3. The van der Waals surface area contributed by atoms with Crippen molar-refractivity contribution in [3.8, 4) is 11.5 Å². The minimum Gasteiger partial charge on any atom is -0.496 e. The maximum atomic E-state index is 13.1. The quantitative estimate of drug-likeness (QED) is 0.483. The Labute approximate surface area is 171 Å². The smallest absolute Gasteiger partial charge is 0.416 e. The van der Waals surface area contributed by atoms with Gasteiger partial charge in [0.25, 0.3) is 0 Å². The minimum absolute atomic E-state index is 0.0813. The van der Waals surface area contributed by atoms with Gasteiger partial charge in [-0.3, -0.25) is 9.59 Å². The molecule has 2 rings (SSSR count). The zero-order valence-electron chi connectivity index (χ0n) is 16.8. The number of benzene rings is 2. The van der Waals surface area contributed by atoms with E-state index in [9.17, 15) is 22.8 Å². The molecule has 0 unspecified atom stereocenters. The topological polar surface area (TPSA) is 73.9 Å². The second kappa shape index (κ2) is 10.1. The van der Waals surface area contributed by atoms with Crippen LogP contribution in [0.2, 0.25) is 0 Å². The summed E-state index contributed by atoms with van der Waals surface area (Å²) in [4.78, 5) is 24.2. The average Bonchev–Trinajstić information content (AvgIpc) is 2.68. The van der Waals surface area contributed by atoms with Crippen LogP contribution in [0, 0.1) is 0 Å². The van der Waals surface area contributed by atoms with Crippen molar-refractivity contribution in [2.45, 2.75) is 19.5 Å². The Kier molecular flexibility index (Phi) is 7.82. The zero-order valence-corrected chi connectivity index (χ0v) is 16.8. The first-order valence-corrected chi connectivity index (χ1v) is 8.96. The standard InChI is InChI=1S/C21H22F3NO5/c1-13(26)14-4-6-18(29-3)15(10-14)11-20(27)25-17-12-16(21(22,23)24)5-7-19(17)30-9-8-28-2/h4-7,10,12H,8-9,11H2,1-3H3,(H,25,27). The van der Waals surface area contributed by atoms with Crippen molar-refractivity contribution in [3.05, 3.63) is 53.1 Å². The normalized spacial score (nSPS) is 11.1. The molecule has 0 aliphatic heterocycles. The Balaban J connectivity index is 2.28. The van der Waals surface area contributed by atoms with Crippen LogP contribution in [0.5, 0.6) is 11.5 Å². The molecule has 6 nitrogen and oxygen atoms in total. The Morgan fingerprint density at radius 2 is 1.70 bits per heavy atom. The van der Waals surface area contributed by atoms with E-state index in [4.69, 9.17) is 14.2 Å². The molecule has 2 aromatic carbocycles. The molecule has 0 saturated heterocycles. The number of anilines is 1. The molecule has 0 fully saturated rings. The number of hydrogen-bond acceptors (Lipinski definition) is 5. The highest BCUT2D eigenvalue weighted by molar-refractivity contribution is 5.96. The van der Waals surface area contributed by atoms with E-state index in [-0.39, 0.29) is 36.9 Å². The van der Waals surface area contributed by atoms with E-state index in [1.807, 2.05) is 0 Å². The third-order valence-electron chi connectivity index (χ3n) is 4.16. The Bertz CT molecular complexity index is 912. The Hall–Kier alpha value is -3.07. The van der Waals surface area contributed by atoms with Crippen LogP contribution in [-0.2, 0) is 22.1 Å². The second-order valence-electron chi connectivity index (χ2n) is 6.36. The molecular formula is C21H22F3NO5. The first-order valence-electron chi connectivity index (χ1n) is 8.96. The summed E-state index contributed by atoms with van der Waals surface area (Å²) in [6, 6.07) is 7.47. The zero-order chi connectivity index (χ0) is 22.3. The molecule has 9 heteroatoms. The van der Waals surface area contributed by atoms with Gasteiger partial charge in [0, 0.05) is 18.2 Å². The third kappa shape index (κ3) is 6.21. The van der Waals surface area contributed by atoms with E-state index in [1.54, 1.807) is 12.1 Å². The van der Waals surface area contributed by atoms with Gasteiger partial charge in [-0.25, -0.2) is 0 Å². The van der Waals surface area contributed by atoms with Crippen LogP contribution >= 0.6 is 0 Å². The largest absolute Gasteiger partial charge is 0.496 e. The monoisotopic (exact) mass is 425 g/mol. The molecular weight excluding hydrogens is 403 g/mol. The van der Waals surface area contributed by atoms with Crippen LogP contribution in [0.25, 0.3) is 0 Å². The highest BCUT2D eigenvalue weighted by Crippen LogP contribution is 2.35. The lowest BCUT2D eigenvalue weighted by Crippen LogP contribution is -2.17. The molecule has 162 valence electrons. The van der Waals surface area contributed by atoms with E-state index in [0.29, 0.717) is 16.9 Å². The van der Waals surface area contributed by atoms with Gasteiger partial charge in [-0.1, -0.05) is 0 Å². The van der Waals surface area contributed by atoms with Crippen molar-refractivity contribution < 1.29 is 37.0 Å². The Morgan fingerprint density at radius 1 is 1.00 bits per heavy atom. The molecule has 0 aliphatic carbocycles. The highest BCUT2D eigenvalue weighted by atomic mass is 19.4. The number of nitrogens with one attached hydrogen (secondary N) is 1. The molecule has 0 atom stereocenters. The van der Waals surface area contributed by atoms with Crippen molar-refractivity contribution in [3.63, 3.8) is 0 Å². The van der Waals surface area contributed by atoms with E-state index in [1.165, 1.54) is 27.2 Å². The molecule has 0 aliphatic rings. The first kappa shape index (κ1) is 23.2. The van der Waals surface area contributed by atoms with Gasteiger partial charge in [-0.15, -0.1) is 0 Å². The van der Waals surface area contributed by atoms with Crippen molar-refractivity contribution in [2.24, 2.45) is 0 Å². The molecule has 0 radical (unpaired) electrons. The predicted molar refractivity (Wildman–Crippen MR) is 104 cm³/mol. The number of Topliss-reactive ketones (excluding diaryl/α,β-unsaturated/α-hetero) is 1. The van der Waals surface area contributed by atoms with Crippen LogP contribution in [0.1, 0.15) is 28.4 Å². The molecule has 1 N–H and O–H groups in total. The summed E-state index contributed by atoms with van der Waals surface area (Å²) in [6.45, 7) is 1.71. The van der Waals surface area contributed by atoms with Crippen molar-refractivity contribution >= 4 is 17.4 Å². The minimum atomic E-state index is -4.58. The maximum Gasteiger partial charge on any atom is 0.416 e. The molecule has 0 saturated carbocycles. The summed E-state index contributed by atoms with van der Waals surface area (Å²) >= 11 is 0. The summed E-state index contributed by atoms with van der Waals surface area (Å²) < 4.78 is 54.7. The number of carbonyl (C=O) groups is 2. The first-order chi connectivity index (χ1) is 14.2. The molecule has 0 spiro atoms. The van der Waals surface area contributed by atoms with Gasteiger partial charge in [-0.2, -0.15) is 13.2 Å². The fourth-order valence-corrected chi connectivity index (χ4v) is 2.67. The number of amides is 1. The van der Waals surface area contributed by atoms with Gasteiger partial charge >= 0.3 is 6.18 Å². The lowest BCUT2D eigenvalue weighted by atomic mass is 10.0. The van der Waals surface area contributed by atoms with Gasteiger partial charge in [0.05, 0.1) is 31.4 Å². The molecule has 0 bridgehead atoms. The number of ether oxygens (including phenoxy) is 3. The molecule has 0 aromatic heterocycles. The van der Waals surface area contributed by atoms with Crippen LogP contribution in [0.4, 0.5) is 18.9 Å². The third-order valence-corrected chi connectivity index (χ3v) is 4.16. The highest BCUT2D eigenvalue weighted by Gasteiger charge is 2.31. The van der Waals surface area contributed by atoms with Crippen LogP contribution in [0.3, 0.4) is 0 Å². The van der Waals surface area contributed by atoms with E-state index >= 15 is 0 Å². The summed E-state index contributed by atoms with van der Waals surface area (Å²) in [5.41, 5.74) is -0.224. The van der Waals surface area contributed by atoms with Crippen molar-refractivity contribution in [1.82, 2.24) is 0 Å². The predicted octanol–water partition coefficient (Wildman–Crippen LogP) is 4.12. The van der Waals surface area contributed by atoms with Crippen LogP contribution < -0.4 is 14.8 Å². The number of hydrogen-bond donors (Lipinski definition) is 1. The van der Waals surface area contributed by atoms with Crippen molar-refractivity contribution in [2.75, 3.05) is 32.8 Å². The lowest BCUT2D eigenvalue weighted by molar-refractivity contribution is -0.137. The van der Waals surface area contributed by atoms with Gasteiger partial charge in [0.2, 0.25) is 5.91 Å². The van der Waals surface area contributed by atoms with Crippen LogP contribution in [-0.4, -0.2) is 39.1 Å². The second-order valence-corrected chi connectivity index (χ2v) is 6.36. The van der Waals surface area contributed by atoms with Crippen LogP contribution in [0.15, 0.2) is 36.4 Å². The van der Waals surface area contributed by atoms with E-state index in [2.05, 4.69) is 5.32 Å². The number of carbonyl (C=O) groups excluding carboxylic acids is 2. The molecule has 0 heterocycles. The summed E-state index contributed by atoms with van der Waals surface area (Å²) in [5.74, 6) is -0.315. The SMILES string of the molecule is COCCOc1ccc(C(F)(F)F)cc1NC(=O)Cc1cc(C(C)=O)ccc1OC. The summed E-state index contributed by atoms with van der Waals surface area (Å²) in [6.07, 6.45) is -4.79. The summed E-state index contributed by atoms with van der Waals surface area (Å²) in [5, 5.41) is 2.45. The van der Waals surface area contributed by atoms with E-state index in [0.717, 1.165) is 18.2 Å². The molecule has 1 amide bonds. The number of methoxy groups -OCH3 is 2. The number of ketones is 1. The van der Waals surface area contributed by atoms with Gasteiger partial charge in [-0.05, 0) is 43.3 Å². The van der Waals surface area contributed by atoms with Gasteiger partial charge < -0.3 is 19.5 Å². The fourth-order valence-electron chi connectivity index (χ4n) is 2.67. The van der Waals surface area contributed by atoms with Gasteiger partial charge in [0.15, 0.2) is 5.78 Å². The number of halogens is 3. The van der Waals surface area contributed by atoms with Crippen molar-refractivity contribution in [1.29, 1.82) is 0 Å². The number of rotatable bonds is 9. The Morgan fingerprint density at radius 3 is 2.30 bits per heavy atom. The lowest BCUT2D eigenvalue weighted by Gasteiger charge is -2.16. The summed E-state index contributed by atoms with van der Waals surface area (Å²) in [7, 11) is 2.88.